The topological polar surface area (TPSA) is 81.1 Å². The molecule has 0 aromatic heterocycles. The molecule has 0 aromatic carbocycles. The summed E-state index contributed by atoms with van der Waals surface area (Å²) in [6.45, 7) is 2.42. The van der Waals surface area contributed by atoms with Crippen LogP contribution >= 0.6 is 0 Å². The second-order valence-corrected chi connectivity index (χ2v) is 2.11. The monoisotopic (exact) mass is 131 g/mol. The molecule has 54 valence electrons. The molecule has 0 radical (unpaired) electrons. The lowest BCUT2D eigenvalue weighted by molar-refractivity contribution is -0.121. The highest BCUT2D eigenvalue weighted by atomic mass is 16.2. The van der Waals surface area contributed by atoms with E-state index in [2.05, 4.69) is 0 Å². The van der Waals surface area contributed by atoms with Crippen LogP contribution in [0.4, 0.5) is 0 Å². The molecule has 4 heteroatoms. The molecule has 1 atom stereocenters. The summed E-state index contributed by atoms with van der Waals surface area (Å²) in [5.74, 6) is 4.89. The van der Waals surface area contributed by atoms with Gasteiger partial charge in [-0.05, 0) is 12.5 Å². The predicted octanol–water partition coefficient (Wildman–Crippen LogP) is -1.04. The van der Waals surface area contributed by atoms with Crippen LogP contribution in [0.1, 0.15) is 13.3 Å². The lowest BCUT2D eigenvalue weighted by Gasteiger charge is -2.04. The summed E-state index contributed by atoms with van der Waals surface area (Å²) < 4.78 is 0. The maximum Gasteiger partial charge on any atom is 0.234 e. The van der Waals surface area contributed by atoms with Gasteiger partial charge in [-0.3, -0.25) is 10.2 Å². The van der Waals surface area contributed by atoms with E-state index < -0.39 is 0 Å². The summed E-state index contributed by atoms with van der Waals surface area (Å²) in [6, 6.07) is 0. The minimum atomic E-state index is -0.159. The highest BCUT2D eigenvalue weighted by Crippen LogP contribution is 1.96. The standard InChI is InChI=1S/C5H13N3O/c1-4(3-6)2-5(9)8-7/h4H,2-3,6-7H2,1H3,(H,8,9). The molecule has 4 nitrogen and oxygen atoms in total. The number of hydrogen-bond donors (Lipinski definition) is 3. The molecule has 0 fully saturated rings. The van der Waals surface area contributed by atoms with Crippen molar-refractivity contribution in [1.82, 2.24) is 5.43 Å². The van der Waals surface area contributed by atoms with E-state index in [0.29, 0.717) is 13.0 Å². The van der Waals surface area contributed by atoms with Gasteiger partial charge in [0.05, 0.1) is 0 Å². The maximum absolute atomic E-state index is 10.5. The minimum Gasteiger partial charge on any atom is -0.330 e. The van der Waals surface area contributed by atoms with E-state index >= 15 is 0 Å². The van der Waals surface area contributed by atoms with Crippen LogP contribution in [0.5, 0.6) is 0 Å². The molecular weight excluding hydrogens is 118 g/mol. The van der Waals surface area contributed by atoms with Crippen molar-refractivity contribution in [3.63, 3.8) is 0 Å². The van der Waals surface area contributed by atoms with E-state index in [-0.39, 0.29) is 11.8 Å². The van der Waals surface area contributed by atoms with Crippen molar-refractivity contribution in [3.05, 3.63) is 0 Å². The molecule has 0 aromatic rings. The second kappa shape index (κ2) is 4.29. The van der Waals surface area contributed by atoms with Crippen LogP contribution in [-0.2, 0) is 4.79 Å². The van der Waals surface area contributed by atoms with Gasteiger partial charge in [-0.25, -0.2) is 5.84 Å². The lowest BCUT2D eigenvalue weighted by Crippen LogP contribution is -2.32. The van der Waals surface area contributed by atoms with Crippen LogP contribution in [0.15, 0.2) is 0 Å². The zero-order valence-corrected chi connectivity index (χ0v) is 5.55. The third kappa shape index (κ3) is 3.93. The first-order valence-electron chi connectivity index (χ1n) is 2.90. The third-order valence-corrected chi connectivity index (χ3v) is 1.10. The van der Waals surface area contributed by atoms with E-state index in [1.807, 2.05) is 12.3 Å². The number of carbonyl (C=O) groups is 1. The van der Waals surface area contributed by atoms with E-state index in [0.717, 1.165) is 0 Å². The van der Waals surface area contributed by atoms with E-state index in [4.69, 9.17) is 11.6 Å². The molecule has 0 aliphatic carbocycles. The molecule has 0 heterocycles. The summed E-state index contributed by atoms with van der Waals surface area (Å²) in [4.78, 5) is 10.5. The summed E-state index contributed by atoms with van der Waals surface area (Å²) >= 11 is 0. The molecule has 5 N–H and O–H groups in total. The van der Waals surface area contributed by atoms with Gasteiger partial charge in [-0.2, -0.15) is 0 Å². The quantitative estimate of drug-likeness (QED) is 0.260. The number of carbonyl (C=O) groups excluding carboxylic acids is 1. The first-order chi connectivity index (χ1) is 4.20. The average molecular weight is 131 g/mol. The molecule has 0 aliphatic heterocycles. The summed E-state index contributed by atoms with van der Waals surface area (Å²) in [6.07, 6.45) is 0.410. The van der Waals surface area contributed by atoms with Gasteiger partial charge < -0.3 is 5.73 Å². The number of rotatable bonds is 3. The maximum atomic E-state index is 10.5. The van der Waals surface area contributed by atoms with Gasteiger partial charge in [0.15, 0.2) is 0 Å². The normalized spacial score (nSPS) is 12.8. The van der Waals surface area contributed by atoms with Gasteiger partial charge in [0.1, 0.15) is 0 Å². The molecule has 0 saturated carbocycles. The second-order valence-electron chi connectivity index (χ2n) is 2.11. The van der Waals surface area contributed by atoms with Gasteiger partial charge in [0, 0.05) is 6.42 Å². The summed E-state index contributed by atoms with van der Waals surface area (Å²) in [5.41, 5.74) is 7.29. The van der Waals surface area contributed by atoms with E-state index in [1.54, 1.807) is 0 Å². The Morgan fingerprint density at radius 1 is 1.78 bits per heavy atom. The zero-order valence-electron chi connectivity index (χ0n) is 5.55. The smallest absolute Gasteiger partial charge is 0.234 e. The largest absolute Gasteiger partial charge is 0.330 e. The van der Waals surface area contributed by atoms with Crippen molar-refractivity contribution in [3.8, 4) is 0 Å². The van der Waals surface area contributed by atoms with Gasteiger partial charge in [-0.15, -0.1) is 0 Å². The number of nitrogens with one attached hydrogen (secondary N) is 1. The van der Waals surface area contributed by atoms with Gasteiger partial charge in [0.2, 0.25) is 5.91 Å². The van der Waals surface area contributed by atoms with Crippen molar-refractivity contribution >= 4 is 5.91 Å². The van der Waals surface area contributed by atoms with Crippen molar-refractivity contribution in [2.45, 2.75) is 13.3 Å². The van der Waals surface area contributed by atoms with Crippen molar-refractivity contribution in [1.29, 1.82) is 0 Å². The Labute approximate surface area is 54.6 Å². The molecule has 1 amide bonds. The highest BCUT2D eigenvalue weighted by molar-refractivity contribution is 5.75. The minimum absolute atomic E-state index is 0.159. The van der Waals surface area contributed by atoms with Crippen LogP contribution in [-0.4, -0.2) is 12.5 Å². The number of hydrogen-bond acceptors (Lipinski definition) is 3. The van der Waals surface area contributed by atoms with E-state index in [1.165, 1.54) is 0 Å². The predicted molar refractivity (Wildman–Crippen MR) is 35.2 cm³/mol. The number of amides is 1. The Morgan fingerprint density at radius 2 is 2.33 bits per heavy atom. The summed E-state index contributed by atoms with van der Waals surface area (Å²) in [5, 5.41) is 0. The molecule has 0 rings (SSSR count). The average Bonchev–Trinajstić information content (AvgIpc) is 1.87. The first-order valence-corrected chi connectivity index (χ1v) is 2.90. The zero-order chi connectivity index (χ0) is 7.28. The van der Waals surface area contributed by atoms with Crippen molar-refractivity contribution in [2.75, 3.05) is 6.54 Å². The highest BCUT2D eigenvalue weighted by Gasteiger charge is 2.03. The van der Waals surface area contributed by atoms with Crippen LogP contribution in [0.25, 0.3) is 0 Å². The molecule has 1 unspecified atom stereocenters. The van der Waals surface area contributed by atoms with Crippen molar-refractivity contribution in [2.24, 2.45) is 17.5 Å². The fraction of sp³-hybridized carbons (Fsp3) is 0.800. The van der Waals surface area contributed by atoms with Gasteiger partial charge >= 0.3 is 0 Å². The van der Waals surface area contributed by atoms with Gasteiger partial charge in [0.25, 0.3) is 0 Å². The first kappa shape index (κ1) is 8.39. The molecular formula is C5H13N3O. The number of nitrogens with two attached hydrogens (primary N) is 2. The van der Waals surface area contributed by atoms with Crippen LogP contribution in [0.2, 0.25) is 0 Å². The third-order valence-electron chi connectivity index (χ3n) is 1.10. The number of hydrazine groups is 1. The van der Waals surface area contributed by atoms with Crippen LogP contribution in [0, 0.1) is 5.92 Å². The Morgan fingerprint density at radius 3 is 2.67 bits per heavy atom. The molecule has 0 saturated heterocycles. The molecule has 0 bridgehead atoms. The Bertz CT molecular complexity index is 94.2. The van der Waals surface area contributed by atoms with Crippen LogP contribution < -0.4 is 17.0 Å². The SMILES string of the molecule is CC(CN)CC(=O)NN. The fourth-order valence-electron chi connectivity index (χ4n) is 0.459. The lowest BCUT2D eigenvalue weighted by atomic mass is 10.1. The Kier molecular flexibility index (Phi) is 4.00. The Hall–Kier alpha value is -0.610. The Balaban J connectivity index is 3.34. The van der Waals surface area contributed by atoms with E-state index in [9.17, 15) is 4.79 Å². The molecule has 0 aliphatic rings. The van der Waals surface area contributed by atoms with Crippen LogP contribution in [0.3, 0.4) is 0 Å². The van der Waals surface area contributed by atoms with Gasteiger partial charge in [-0.1, -0.05) is 6.92 Å². The summed E-state index contributed by atoms with van der Waals surface area (Å²) in [7, 11) is 0. The van der Waals surface area contributed by atoms with Crippen molar-refractivity contribution < 1.29 is 4.79 Å². The fourth-order valence-corrected chi connectivity index (χ4v) is 0.459. The molecule has 0 spiro atoms. The molecule has 9 heavy (non-hydrogen) atoms.